The van der Waals surface area contributed by atoms with Crippen molar-refractivity contribution in [2.45, 2.75) is 26.3 Å². The molecule has 0 aliphatic rings. The molecule has 0 fully saturated rings. The maximum absolute atomic E-state index is 14.4. The van der Waals surface area contributed by atoms with E-state index < -0.39 is 23.7 Å². The molecule has 9 heteroatoms. The second-order valence-electron chi connectivity index (χ2n) is 6.44. The fourth-order valence-corrected chi connectivity index (χ4v) is 2.65. The Balaban J connectivity index is 2.41. The van der Waals surface area contributed by atoms with Crippen molar-refractivity contribution in [2.24, 2.45) is 17.4 Å². The largest absolute Gasteiger partial charge is 0.368 e. The Bertz CT molecular complexity index is 860. The first-order valence-electron chi connectivity index (χ1n) is 8.26. The molecule has 1 heterocycles. The van der Waals surface area contributed by atoms with E-state index in [9.17, 15) is 14.0 Å². The highest BCUT2D eigenvalue weighted by Gasteiger charge is 2.22. The number of primary amides is 2. The van der Waals surface area contributed by atoms with Crippen LogP contribution in [-0.2, 0) is 4.79 Å². The average Bonchev–Trinajstić information content (AvgIpc) is 2.56. The van der Waals surface area contributed by atoms with Gasteiger partial charge in [-0.2, -0.15) is 0 Å². The minimum absolute atomic E-state index is 0.0291. The van der Waals surface area contributed by atoms with Gasteiger partial charge < -0.3 is 22.1 Å². The normalized spacial score (nSPS) is 11.9. The number of benzene rings is 1. The van der Waals surface area contributed by atoms with E-state index in [1.807, 2.05) is 13.8 Å². The van der Waals surface area contributed by atoms with Crippen molar-refractivity contribution in [3.8, 4) is 0 Å². The lowest BCUT2D eigenvalue weighted by molar-refractivity contribution is -0.119. The van der Waals surface area contributed by atoms with Crippen LogP contribution in [0.5, 0.6) is 0 Å². The summed E-state index contributed by atoms with van der Waals surface area (Å²) in [5.41, 5.74) is 11.1. The number of carbonyl (C=O) groups excluding carboxylic acids is 2. The highest BCUT2D eigenvalue weighted by molar-refractivity contribution is 6.30. The van der Waals surface area contributed by atoms with Crippen molar-refractivity contribution >= 4 is 40.7 Å². The number of anilines is 3. The lowest BCUT2D eigenvalue weighted by atomic mass is 10.0. The Hall–Kier alpha value is -2.87. The van der Waals surface area contributed by atoms with E-state index in [4.69, 9.17) is 23.1 Å². The van der Waals surface area contributed by atoms with Gasteiger partial charge in [0.05, 0.1) is 5.56 Å². The van der Waals surface area contributed by atoms with Gasteiger partial charge in [-0.25, -0.2) is 9.37 Å². The number of nitrogens with one attached hydrogen (secondary N) is 2. The number of hydrogen-bond acceptors (Lipinski definition) is 5. The van der Waals surface area contributed by atoms with Crippen LogP contribution in [-0.4, -0.2) is 22.8 Å². The molecule has 144 valence electrons. The lowest BCUT2D eigenvalue weighted by Gasteiger charge is -2.19. The third kappa shape index (κ3) is 5.55. The zero-order chi connectivity index (χ0) is 20.1. The standard InChI is InChI=1S/C18H21ClFN5O2/c1-9(2)6-14(16(22)27)24-18-13(20)8-12(15(21)26)17(25-18)23-11-5-3-4-10(19)7-11/h3-5,7-9,14H,6H2,1-2H3,(H2,21,26)(H2,22,27)(H2,23,24,25). The fourth-order valence-electron chi connectivity index (χ4n) is 2.46. The van der Waals surface area contributed by atoms with Crippen molar-refractivity contribution in [3.05, 3.63) is 46.7 Å². The van der Waals surface area contributed by atoms with Crippen LogP contribution in [0.4, 0.5) is 21.7 Å². The van der Waals surface area contributed by atoms with Gasteiger partial charge in [-0.05, 0) is 36.6 Å². The van der Waals surface area contributed by atoms with Crippen LogP contribution < -0.4 is 22.1 Å². The summed E-state index contributed by atoms with van der Waals surface area (Å²) in [5, 5.41) is 6.05. The first-order chi connectivity index (χ1) is 12.7. The summed E-state index contributed by atoms with van der Waals surface area (Å²) in [6.07, 6.45) is 0.394. The van der Waals surface area contributed by atoms with E-state index in [0.29, 0.717) is 17.1 Å². The molecule has 1 aromatic heterocycles. The summed E-state index contributed by atoms with van der Waals surface area (Å²) in [7, 11) is 0. The van der Waals surface area contributed by atoms with Crippen LogP contribution >= 0.6 is 11.6 Å². The van der Waals surface area contributed by atoms with Gasteiger partial charge in [-0.3, -0.25) is 9.59 Å². The van der Waals surface area contributed by atoms with E-state index in [2.05, 4.69) is 15.6 Å². The van der Waals surface area contributed by atoms with Gasteiger partial charge in [0.2, 0.25) is 5.91 Å². The molecule has 0 bridgehead atoms. The molecule has 2 rings (SSSR count). The maximum Gasteiger partial charge on any atom is 0.252 e. The van der Waals surface area contributed by atoms with Gasteiger partial charge in [-0.15, -0.1) is 0 Å². The van der Waals surface area contributed by atoms with Crippen LogP contribution in [0.25, 0.3) is 0 Å². The van der Waals surface area contributed by atoms with Gasteiger partial charge in [0.1, 0.15) is 11.9 Å². The summed E-state index contributed by atoms with van der Waals surface area (Å²) >= 11 is 5.95. The Labute approximate surface area is 161 Å². The number of rotatable bonds is 8. The zero-order valence-electron chi connectivity index (χ0n) is 14.9. The SMILES string of the molecule is CC(C)CC(Nc1nc(Nc2cccc(Cl)c2)c(C(N)=O)cc1F)C(N)=O. The molecule has 2 aromatic rings. The minimum Gasteiger partial charge on any atom is -0.368 e. The molecule has 0 aliphatic heterocycles. The topological polar surface area (TPSA) is 123 Å². The van der Waals surface area contributed by atoms with Crippen LogP contribution in [0.1, 0.15) is 30.6 Å². The van der Waals surface area contributed by atoms with Crippen molar-refractivity contribution in [1.82, 2.24) is 4.98 Å². The van der Waals surface area contributed by atoms with Crippen LogP contribution in [0.15, 0.2) is 30.3 Å². The first kappa shape index (κ1) is 20.4. The fraction of sp³-hybridized carbons (Fsp3) is 0.278. The average molecular weight is 394 g/mol. The number of pyridine rings is 1. The number of nitrogens with zero attached hydrogens (tertiary/aromatic N) is 1. The van der Waals surface area contributed by atoms with Gasteiger partial charge in [0, 0.05) is 10.7 Å². The van der Waals surface area contributed by atoms with Gasteiger partial charge >= 0.3 is 0 Å². The molecular formula is C18H21ClFN5O2. The van der Waals surface area contributed by atoms with Crippen LogP contribution in [0.3, 0.4) is 0 Å². The molecular weight excluding hydrogens is 373 g/mol. The molecule has 2 amide bonds. The molecule has 0 saturated carbocycles. The third-order valence-corrected chi connectivity index (χ3v) is 3.93. The maximum atomic E-state index is 14.4. The van der Waals surface area contributed by atoms with E-state index in [-0.39, 0.29) is 23.1 Å². The summed E-state index contributed by atoms with van der Waals surface area (Å²) in [4.78, 5) is 27.4. The molecule has 1 atom stereocenters. The second-order valence-corrected chi connectivity index (χ2v) is 6.88. The molecule has 6 N–H and O–H groups in total. The minimum atomic E-state index is -0.855. The molecule has 0 aliphatic carbocycles. The Morgan fingerprint density at radius 1 is 1.22 bits per heavy atom. The predicted molar refractivity (Wildman–Crippen MR) is 104 cm³/mol. The monoisotopic (exact) mass is 393 g/mol. The second kappa shape index (κ2) is 8.68. The Morgan fingerprint density at radius 2 is 1.93 bits per heavy atom. The number of hydrogen-bond donors (Lipinski definition) is 4. The van der Waals surface area contributed by atoms with Crippen molar-refractivity contribution in [1.29, 1.82) is 0 Å². The van der Waals surface area contributed by atoms with Gasteiger partial charge in [0.25, 0.3) is 5.91 Å². The zero-order valence-corrected chi connectivity index (χ0v) is 15.7. The molecule has 0 radical (unpaired) electrons. The number of amides is 2. The third-order valence-electron chi connectivity index (χ3n) is 3.69. The Kier molecular flexibility index (Phi) is 6.57. The molecule has 1 aromatic carbocycles. The molecule has 0 saturated heterocycles. The molecule has 0 spiro atoms. The number of halogens is 2. The van der Waals surface area contributed by atoms with E-state index >= 15 is 0 Å². The number of carbonyl (C=O) groups is 2. The van der Waals surface area contributed by atoms with Crippen LogP contribution in [0, 0.1) is 11.7 Å². The number of nitrogens with two attached hydrogens (primary N) is 2. The van der Waals surface area contributed by atoms with E-state index in [0.717, 1.165) is 6.07 Å². The lowest BCUT2D eigenvalue weighted by Crippen LogP contribution is -2.37. The molecule has 1 unspecified atom stereocenters. The van der Waals surface area contributed by atoms with E-state index in [1.165, 1.54) is 0 Å². The first-order valence-corrected chi connectivity index (χ1v) is 8.64. The van der Waals surface area contributed by atoms with Gasteiger partial charge in [0.15, 0.2) is 11.6 Å². The smallest absolute Gasteiger partial charge is 0.252 e. The molecule has 27 heavy (non-hydrogen) atoms. The van der Waals surface area contributed by atoms with E-state index in [1.54, 1.807) is 24.3 Å². The summed E-state index contributed by atoms with van der Waals surface area (Å²) < 4.78 is 14.4. The highest BCUT2D eigenvalue weighted by Crippen LogP contribution is 2.26. The van der Waals surface area contributed by atoms with Crippen molar-refractivity contribution in [3.63, 3.8) is 0 Å². The summed E-state index contributed by atoms with van der Waals surface area (Å²) in [5.74, 6) is -2.35. The van der Waals surface area contributed by atoms with Crippen molar-refractivity contribution < 1.29 is 14.0 Å². The van der Waals surface area contributed by atoms with Crippen molar-refractivity contribution in [2.75, 3.05) is 10.6 Å². The predicted octanol–water partition coefficient (Wildman–Crippen LogP) is 3.03. The Morgan fingerprint density at radius 3 is 2.48 bits per heavy atom. The summed E-state index contributed by atoms with van der Waals surface area (Å²) in [6.45, 7) is 3.81. The van der Waals surface area contributed by atoms with Gasteiger partial charge in [-0.1, -0.05) is 31.5 Å². The highest BCUT2D eigenvalue weighted by atomic mass is 35.5. The number of aromatic nitrogens is 1. The van der Waals surface area contributed by atoms with Crippen LogP contribution in [0.2, 0.25) is 5.02 Å². The molecule has 7 nitrogen and oxygen atoms in total. The quantitative estimate of drug-likeness (QED) is 0.549. The summed E-state index contributed by atoms with van der Waals surface area (Å²) in [6, 6.07) is 6.82.